The maximum absolute atomic E-state index is 12.1. The second-order valence-corrected chi connectivity index (χ2v) is 5.71. The van der Waals surface area contributed by atoms with E-state index in [1.165, 1.54) is 14.2 Å². The van der Waals surface area contributed by atoms with Crippen LogP contribution in [0, 0.1) is 0 Å². The van der Waals surface area contributed by atoms with Crippen molar-refractivity contribution in [3.05, 3.63) is 0 Å². The zero-order chi connectivity index (χ0) is 15.8. The summed E-state index contributed by atoms with van der Waals surface area (Å²) in [5.41, 5.74) is -0.589. The van der Waals surface area contributed by atoms with Gasteiger partial charge >= 0.3 is 6.09 Å². The number of nitrogens with zero attached hydrogens (tertiary/aromatic N) is 1. The molecule has 0 aromatic rings. The third-order valence-corrected chi connectivity index (χ3v) is 2.67. The fourth-order valence-electron chi connectivity index (χ4n) is 1.62. The molecule has 0 fully saturated rings. The highest BCUT2D eigenvalue weighted by Crippen LogP contribution is 2.10. The molecule has 6 heteroatoms. The molecule has 0 aromatic carbocycles. The highest BCUT2D eigenvalue weighted by Gasteiger charge is 2.26. The van der Waals surface area contributed by atoms with Gasteiger partial charge in [-0.2, -0.15) is 0 Å². The predicted molar refractivity (Wildman–Crippen MR) is 77.1 cm³/mol. The van der Waals surface area contributed by atoms with Crippen LogP contribution in [0.3, 0.4) is 0 Å². The Morgan fingerprint density at radius 3 is 2.30 bits per heavy atom. The van der Waals surface area contributed by atoms with Crippen molar-refractivity contribution in [1.82, 2.24) is 10.4 Å². The number of unbranched alkanes of at least 4 members (excludes halogenated alkanes) is 2. The van der Waals surface area contributed by atoms with Gasteiger partial charge in [0, 0.05) is 7.05 Å². The van der Waals surface area contributed by atoms with Crippen molar-refractivity contribution >= 4 is 12.0 Å². The standard InChI is InChI=1S/C14H28N2O4/c1-7-8-9-10-11(12(17)16(5)19-6)15-13(18)20-14(2,3)4/h11H,7-10H2,1-6H3,(H,15,18). The molecule has 6 nitrogen and oxygen atoms in total. The van der Waals surface area contributed by atoms with Gasteiger partial charge < -0.3 is 10.1 Å². The molecule has 2 amide bonds. The molecule has 0 bridgehead atoms. The largest absolute Gasteiger partial charge is 0.444 e. The van der Waals surface area contributed by atoms with Crippen LogP contribution in [0.25, 0.3) is 0 Å². The van der Waals surface area contributed by atoms with E-state index >= 15 is 0 Å². The Morgan fingerprint density at radius 2 is 1.85 bits per heavy atom. The molecular formula is C14H28N2O4. The molecule has 0 saturated heterocycles. The summed E-state index contributed by atoms with van der Waals surface area (Å²) in [5.74, 6) is -0.283. The van der Waals surface area contributed by atoms with Crippen LogP contribution < -0.4 is 5.32 Å². The van der Waals surface area contributed by atoms with Crippen LogP contribution in [0.4, 0.5) is 4.79 Å². The Kier molecular flexibility index (Phi) is 8.22. The first-order chi connectivity index (χ1) is 9.21. The molecule has 0 rings (SSSR count). The molecule has 0 aliphatic carbocycles. The lowest BCUT2D eigenvalue weighted by Crippen LogP contribution is -2.48. The summed E-state index contributed by atoms with van der Waals surface area (Å²) in [6.07, 6.45) is 2.90. The van der Waals surface area contributed by atoms with Crippen LogP contribution >= 0.6 is 0 Å². The Morgan fingerprint density at radius 1 is 1.25 bits per heavy atom. The monoisotopic (exact) mass is 288 g/mol. The number of likely N-dealkylation sites (N-methyl/N-ethyl adjacent to an activating group) is 1. The topological polar surface area (TPSA) is 67.9 Å². The minimum absolute atomic E-state index is 0.283. The number of hydroxylamine groups is 2. The number of carbonyl (C=O) groups excluding carboxylic acids is 2. The molecule has 0 aliphatic heterocycles. The van der Waals surface area contributed by atoms with E-state index in [1.54, 1.807) is 20.8 Å². The lowest BCUT2D eigenvalue weighted by atomic mass is 10.1. The number of alkyl carbamates (subject to hydrolysis) is 1. The van der Waals surface area contributed by atoms with Crippen LogP contribution in [0.5, 0.6) is 0 Å². The van der Waals surface area contributed by atoms with Gasteiger partial charge in [0.2, 0.25) is 0 Å². The number of amides is 2. The minimum atomic E-state index is -0.624. The van der Waals surface area contributed by atoms with E-state index < -0.39 is 17.7 Å². The summed E-state index contributed by atoms with van der Waals surface area (Å²) < 4.78 is 5.18. The molecule has 0 saturated carbocycles. The predicted octanol–water partition coefficient (Wildman–Crippen LogP) is 2.48. The van der Waals surface area contributed by atoms with E-state index in [0.717, 1.165) is 24.3 Å². The van der Waals surface area contributed by atoms with Crippen LogP contribution in [-0.4, -0.2) is 42.9 Å². The summed E-state index contributed by atoms with van der Waals surface area (Å²) in [5, 5.41) is 3.73. The molecule has 1 atom stereocenters. The van der Waals surface area contributed by atoms with E-state index in [0.29, 0.717) is 6.42 Å². The molecule has 1 unspecified atom stereocenters. The Balaban J connectivity index is 4.59. The average molecular weight is 288 g/mol. The summed E-state index contributed by atoms with van der Waals surface area (Å²) in [6.45, 7) is 7.42. The normalized spacial score (nSPS) is 12.7. The van der Waals surface area contributed by atoms with E-state index in [1.807, 2.05) is 0 Å². The second kappa shape index (κ2) is 8.79. The van der Waals surface area contributed by atoms with Gasteiger partial charge in [-0.3, -0.25) is 9.63 Å². The lowest BCUT2D eigenvalue weighted by Gasteiger charge is -2.25. The number of hydrogen-bond donors (Lipinski definition) is 1. The Labute approximate surface area is 121 Å². The molecule has 0 aromatic heterocycles. The van der Waals surface area contributed by atoms with Crippen molar-refractivity contribution in [1.29, 1.82) is 0 Å². The van der Waals surface area contributed by atoms with Crippen LogP contribution in [-0.2, 0) is 14.4 Å². The Hall–Kier alpha value is -1.30. The van der Waals surface area contributed by atoms with E-state index in [4.69, 9.17) is 9.57 Å². The fourth-order valence-corrected chi connectivity index (χ4v) is 1.62. The molecule has 0 spiro atoms. The summed E-state index contributed by atoms with van der Waals surface area (Å²) in [6, 6.07) is -0.624. The van der Waals surface area contributed by atoms with Gasteiger partial charge in [0.15, 0.2) is 0 Å². The summed E-state index contributed by atoms with van der Waals surface area (Å²) >= 11 is 0. The van der Waals surface area contributed by atoms with Crippen LogP contribution in [0.15, 0.2) is 0 Å². The average Bonchev–Trinajstić information content (AvgIpc) is 2.33. The molecule has 0 radical (unpaired) electrons. The Bertz CT molecular complexity index is 313. The highest BCUT2D eigenvalue weighted by atomic mass is 16.7. The number of nitrogens with one attached hydrogen (secondary N) is 1. The number of ether oxygens (including phenoxy) is 1. The number of hydrogen-bond acceptors (Lipinski definition) is 4. The summed E-state index contributed by atoms with van der Waals surface area (Å²) in [7, 11) is 2.93. The van der Waals surface area contributed by atoms with E-state index in [-0.39, 0.29) is 5.91 Å². The molecule has 0 heterocycles. The fraction of sp³-hybridized carbons (Fsp3) is 0.857. The van der Waals surface area contributed by atoms with Crippen LogP contribution in [0.2, 0.25) is 0 Å². The highest BCUT2D eigenvalue weighted by molar-refractivity contribution is 5.84. The van der Waals surface area contributed by atoms with Gasteiger partial charge in [0.25, 0.3) is 5.91 Å². The smallest absolute Gasteiger partial charge is 0.408 e. The third-order valence-electron chi connectivity index (χ3n) is 2.67. The number of rotatable bonds is 7. The van der Waals surface area contributed by atoms with Gasteiger partial charge in [-0.25, -0.2) is 9.86 Å². The third kappa shape index (κ3) is 7.99. The van der Waals surface area contributed by atoms with Gasteiger partial charge in [0.05, 0.1) is 7.11 Å². The first-order valence-electron chi connectivity index (χ1n) is 7.02. The molecule has 1 N–H and O–H groups in total. The molecular weight excluding hydrogens is 260 g/mol. The quantitative estimate of drug-likeness (QED) is 0.577. The van der Waals surface area contributed by atoms with Gasteiger partial charge in [-0.15, -0.1) is 0 Å². The van der Waals surface area contributed by atoms with Crippen LogP contribution in [0.1, 0.15) is 53.4 Å². The van der Waals surface area contributed by atoms with Crippen molar-refractivity contribution in [3.8, 4) is 0 Å². The van der Waals surface area contributed by atoms with Gasteiger partial charge in [0.1, 0.15) is 11.6 Å². The van der Waals surface area contributed by atoms with Crippen molar-refractivity contribution < 1.29 is 19.2 Å². The molecule has 0 aliphatic rings. The first kappa shape index (κ1) is 18.7. The van der Waals surface area contributed by atoms with Gasteiger partial charge in [-0.05, 0) is 27.2 Å². The van der Waals surface area contributed by atoms with Crippen molar-refractivity contribution in [2.45, 2.75) is 65.0 Å². The summed E-state index contributed by atoms with van der Waals surface area (Å²) in [4.78, 5) is 28.7. The zero-order valence-corrected chi connectivity index (χ0v) is 13.5. The van der Waals surface area contributed by atoms with Gasteiger partial charge in [-0.1, -0.05) is 26.2 Å². The van der Waals surface area contributed by atoms with Crippen molar-refractivity contribution in [3.63, 3.8) is 0 Å². The molecule has 118 valence electrons. The maximum Gasteiger partial charge on any atom is 0.408 e. The molecule has 20 heavy (non-hydrogen) atoms. The second-order valence-electron chi connectivity index (χ2n) is 5.71. The van der Waals surface area contributed by atoms with Crippen molar-refractivity contribution in [2.75, 3.05) is 14.2 Å². The van der Waals surface area contributed by atoms with Crippen molar-refractivity contribution in [2.24, 2.45) is 0 Å². The number of carbonyl (C=O) groups is 2. The maximum atomic E-state index is 12.1. The first-order valence-corrected chi connectivity index (χ1v) is 7.02. The van der Waals surface area contributed by atoms with E-state index in [9.17, 15) is 9.59 Å². The zero-order valence-electron chi connectivity index (χ0n) is 13.5. The minimum Gasteiger partial charge on any atom is -0.444 e. The SMILES string of the molecule is CCCCCC(NC(=O)OC(C)(C)C)C(=O)N(C)OC. The lowest BCUT2D eigenvalue weighted by molar-refractivity contribution is -0.171. The van der Waals surface area contributed by atoms with E-state index in [2.05, 4.69) is 12.2 Å².